The number of carbonyl (C=O) groups is 2. The van der Waals surface area contributed by atoms with E-state index in [1.54, 1.807) is 6.20 Å². The van der Waals surface area contributed by atoms with E-state index in [9.17, 15) is 14.1 Å². The number of para-hydroxylation sites is 1. The first-order chi connectivity index (χ1) is 16.2. The van der Waals surface area contributed by atoms with Gasteiger partial charge in [0.15, 0.2) is 0 Å². The Morgan fingerprint density at radius 1 is 1.00 bits per heavy atom. The predicted octanol–water partition coefficient (Wildman–Crippen LogP) is 5.74. The second-order valence-electron chi connectivity index (χ2n) is 10.0. The molecule has 3 aromatic rings. The Kier molecular flexibility index (Phi) is 6.49. The van der Waals surface area contributed by atoms with E-state index in [1.165, 1.54) is 27.5 Å². The van der Waals surface area contributed by atoms with Crippen LogP contribution in [0.2, 0.25) is 0 Å². The lowest BCUT2D eigenvalue weighted by molar-refractivity contribution is 0.0457. The van der Waals surface area contributed by atoms with Gasteiger partial charge in [0.1, 0.15) is 0 Å². The SMILES string of the molecule is CC(=O)n1cc(N(CC2(C)CCC(c3ccccc3)(N(C)C)CC2)C(=O)NF)c2ccccc21. The number of rotatable bonds is 5. The van der Waals surface area contributed by atoms with Crippen molar-refractivity contribution in [2.45, 2.75) is 45.1 Å². The zero-order chi connectivity index (χ0) is 24.5. The Morgan fingerprint density at radius 2 is 1.62 bits per heavy atom. The van der Waals surface area contributed by atoms with Crippen LogP contribution in [0.15, 0.2) is 60.8 Å². The van der Waals surface area contributed by atoms with Crippen molar-refractivity contribution in [1.29, 1.82) is 0 Å². The summed E-state index contributed by atoms with van der Waals surface area (Å²) in [7, 11) is 4.24. The van der Waals surface area contributed by atoms with Gasteiger partial charge >= 0.3 is 6.03 Å². The van der Waals surface area contributed by atoms with E-state index >= 15 is 0 Å². The zero-order valence-electron chi connectivity index (χ0n) is 20.3. The van der Waals surface area contributed by atoms with Crippen LogP contribution in [0.25, 0.3) is 10.9 Å². The summed E-state index contributed by atoms with van der Waals surface area (Å²) in [6, 6.07) is 17.1. The number of urea groups is 1. The third-order valence-corrected chi connectivity index (χ3v) is 7.64. The van der Waals surface area contributed by atoms with Crippen LogP contribution in [0.4, 0.5) is 15.0 Å². The van der Waals surface area contributed by atoms with Crippen LogP contribution >= 0.6 is 0 Å². The van der Waals surface area contributed by atoms with Crippen LogP contribution in [-0.4, -0.2) is 42.0 Å². The van der Waals surface area contributed by atoms with Gasteiger partial charge in [-0.3, -0.25) is 19.2 Å². The normalized spacial score (nSPS) is 22.6. The Morgan fingerprint density at radius 3 is 2.21 bits per heavy atom. The van der Waals surface area contributed by atoms with Crippen LogP contribution in [0.1, 0.15) is 49.9 Å². The minimum absolute atomic E-state index is 0.0708. The molecule has 1 aliphatic rings. The molecular formula is C27H33FN4O2. The maximum absolute atomic E-state index is 13.5. The topological polar surface area (TPSA) is 57.6 Å². The molecule has 0 saturated heterocycles. The highest BCUT2D eigenvalue weighted by Gasteiger charge is 2.44. The lowest BCUT2D eigenvalue weighted by Crippen LogP contribution is -2.50. The number of benzene rings is 2. The van der Waals surface area contributed by atoms with Crippen LogP contribution in [0.3, 0.4) is 0 Å². The molecule has 1 N–H and O–H groups in total. The number of hydrogen-bond acceptors (Lipinski definition) is 3. The Bertz CT molecular complexity index is 1180. The summed E-state index contributed by atoms with van der Waals surface area (Å²) in [6.45, 7) is 4.00. The van der Waals surface area contributed by atoms with Crippen molar-refractivity contribution in [2.24, 2.45) is 5.41 Å². The van der Waals surface area contributed by atoms with Crippen molar-refractivity contribution in [1.82, 2.24) is 15.0 Å². The summed E-state index contributed by atoms with van der Waals surface area (Å²) >= 11 is 0. The second kappa shape index (κ2) is 9.22. The van der Waals surface area contributed by atoms with Crippen LogP contribution in [0.5, 0.6) is 0 Å². The van der Waals surface area contributed by atoms with Gasteiger partial charge in [-0.25, -0.2) is 4.79 Å². The third-order valence-electron chi connectivity index (χ3n) is 7.64. The highest BCUT2D eigenvalue weighted by molar-refractivity contribution is 6.05. The second-order valence-corrected chi connectivity index (χ2v) is 10.0. The zero-order valence-corrected chi connectivity index (χ0v) is 20.3. The number of nitrogens with one attached hydrogen (secondary N) is 1. The molecule has 34 heavy (non-hydrogen) atoms. The summed E-state index contributed by atoms with van der Waals surface area (Å²) in [5, 5.41) is 0.743. The molecule has 0 spiro atoms. The molecule has 0 atom stereocenters. The molecule has 0 radical (unpaired) electrons. The predicted molar refractivity (Wildman–Crippen MR) is 134 cm³/mol. The van der Waals surface area contributed by atoms with Gasteiger partial charge in [-0.1, -0.05) is 59.9 Å². The maximum atomic E-state index is 13.5. The summed E-state index contributed by atoms with van der Waals surface area (Å²) in [6.07, 6.45) is 5.26. The van der Waals surface area contributed by atoms with Gasteiger partial charge in [-0.2, -0.15) is 5.54 Å². The first-order valence-corrected chi connectivity index (χ1v) is 11.7. The van der Waals surface area contributed by atoms with E-state index < -0.39 is 6.03 Å². The maximum Gasteiger partial charge on any atom is 0.350 e. The van der Waals surface area contributed by atoms with Gasteiger partial charge < -0.3 is 0 Å². The van der Waals surface area contributed by atoms with Crippen LogP contribution in [0, 0.1) is 5.41 Å². The van der Waals surface area contributed by atoms with Crippen LogP contribution < -0.4 is 10.4 Å². The van der Waals surface area contributed by atoms with Gasteiger partial charge in [0.2, 0.25) is 5.91 Å². The number of amides is 2. The Labute approximate surface area is 200 Å². The minimum atomic E-state index is -0.819. The fourth-order valence-corrected chi connectivity index (χ4v) is 5.50. The fourth-order valence-electron chi connectivity index (χ4n) is 5.50. The van der Waals surface area contributed by atoms with Crippen molar-refractivity contribution in [3.05, 3.63) is 66.4 Å². The smallest absolute Gasteiger partial charge is 0.300 e. The highest BCUT2D eigenvalue weighted by Crippen LogP contribution is 2.49. The van der Waals surface area contributed by atoms with E-state index in [0.29, 0.717) is 17.7 Å². The Balaban J connectivity index is 1.66. The van der Waals surface area contributed by atoms with Gasteiger partial charge in [0.05, 0.1) is 11.2 Å². The van der Waals surface area contributed by atoms with Gasteiger partial charge in [0, 0.05) is 30.6 Å². The van der Waals surface area contributed by atoms with Crippen LogP contribution in [-0.2, 0) is 5.54 Å². The number of halogens is 1. The van der Waals surface area contributed by atoms with E-state index in [1.807, 2.05) is 30.3 Å². The first-order valence-electron chi connectivity index (χ1n) is 11.7. The fraction of sp³-hybridized carbons (Fsp3) is 0.407. The van der Waals surface area contributed by atoms with Gasteiger partial charge in [-0.15, -0.1) is 0 Å². The molecule has 2 aromatic carbocycles. The highest BCUT2D eigenvalue weighted by atomic mass is 19.2. The van der Waals surface area contributed by atoms with Gasteiger partial charge in [0.25, 0.3) is 0 Å². The van der Waals surface area contributed by atoms with Crippen molar-refractivity contribution in [3.8, 4) is 0 Å². The van der Waals surface area contributed by atoms with E-state index in [0.717, 1.165) is 31.1 Å². The van der Waals surface area contributed by atoms with Crippen molar-refractivity contribution < 1.29 is 14.1 Å². The molecule has 1 aromatic heterocycles. The lowest BCUT2D eigenvalue weighted by atomic mass is 9.65. The molecule has 1 fully saturated rings. The average Bonchev–Trinajstić information content (AvgIpc) is 3.23. The number of nitrogens with zero attached hydrogens (tertiary/aromatic N) is 3. The number of carbonyl (C=O) groups excluding carboxylic acids is 2. The van der Waals surface area contributed by atoms with Gasteiger partial charge in [-0.05, 0) is 56.8 Å². The first kappa shape index (κ1) is 24.0. The third kappa shape index (κ3) is 4.20. The molecule has 1 heterocycles. The molecule has 2 amide bonds. The monoisotopic (exact) mass is 464 g/mol. The lowest BCUT2D eigenvalue weighted by Gasteiger charge is -2.50. The molecule has 0 unspecified atom stereocenters. The minimum Gasteiger partial charge on any atom is -0.300 e. The average molecular weight is 465 g/mol. The molecule has 0 bridgehead atoms. The van der Waals surface area contributed by atoms with E-state index in [2.05, 4.69) is 50.2 Å². The van der Waals surface area contributed by atoms with Crippen molar-refractivity contribution >= 4 is 28.5 Å². The molecule has 1 saturated carbocycles. The summed E-state index contributed by atoms with van der Waals surface area (Å²) in [4.78, 5) is 28.7. The summed E-state index contributed by atoms with van der Waals surface area (Å²) in [5.74, 6) is -0.162. The molecule has 4 rings (SSSR count). The summed E-state index contributed by atoms with van der Waals surface area (Å²) in [5.41, 5.74) is 3.57. The van der Waals surface area contributed by atoms with E-state index in [-0.39, 0.29) is 16.9 Å². The molecule has 7 heteroatoms. The molecular weight excluding hydrogens is 431 g/mol. The van der Waals surface area contributed by atoms with Crippen molar-refractivity contribution in [2.75, 3.05) is 25.5 Å². The number of anilines is 1. The quantitative estimate of drug-likeness (QED) is 0.490. The number of aromatic nitrogens is 1. The number of hydrogen-bond donors (Lipinski definition) is 1. The van der Waals surface area contributed by atoms with Crippen molar-refractivity contribution in [3.63, 3.8) is 0 Å². The number of fused-ring (bicyclic) bond motifs is 1. The standard InChI is InChI=1S/C27H33FN4O2/c1-20(33)31-18-24(22-12-8-9-13-23(22)31)32(25(34)29-28)19-26(2)14-16-27(17-15-26,30(3)4)21-10-6-5-7-11-21/h5-13,18H,14-17,19H2,1-4H3,(H,29,34). The van der Waals surface area contributed by atoms with E-state index in [4.69, 9.17) is 0 Å². The molecule has 0 aliphatic heterocycles. The Hall–Kier alpha value is -3.19. The molecule has 6 nitrogen and oxygen atoms in total. The largest absolute Gasteiger partial charge is 0.350 e. The molecule has 1 aliphatic carbocycles. The molecule has 180 valence electrons. The summed E-state index contributed by atoms with van der Waals surface area (Å²) < 4.78 is 15.0.